The Balaban J connectivity index is 1.52. The van der Waals surface area contributed by atoms with Crippen LogP contribution in [0.25, 0.3) is 11.3 Å². The fraction of sp³-hybridized carbons (Fsp3) is 0.357. The van der Waals surface area contributed by atoms with Crippen LogP contribution in [0.1, 0.15) is 29.2 Å². The monoisotopic (exact) mass is 556 g/mol. The van der Waals surface area contributed by atoms with Crippen molar-refractivity contribution in [2.45, 2.75) is 25.2 Å². The van der Waals surface area contributed by atoms with Crippen LogP contribution in [0.15, 0.2) is 36.9 Å². The standard InChI is InChI=1S/C28H30Cl2N4O4/c1-4-24(35)31-20-8-6-17(34-9-11-38-12-10-34)14-19(20)28-18-7-5-16(13-21(18)32-33-28)25-26(29)22(36-2)15-23(37-3)27(25)30/h4,6,8,14-16H,1,5,7,9-13H2,2-3H3,(H,31,35)(H,32,33). The predicted octanol–water partition coefficient (Wildman–Crippen LogP) is 5.63. The average Bonchev–Trinajstić information content (AvgIpc) is 3.37. The Bertz CT molecular complexity index is 1340. The molecule has 200 valence electrons. The number of methoxy groups -OCH3 is 2. The number of amides is 1. The number of halogens is 2. The summed E-state index contributed by atoms with van der Waals surface area (Å²) in [4.78, 5) is 14.5. The van der Waals surface area contributed by atoms with Gasteiger partial charge in [-0.25, -0.2) is 0 Å². The molecule has 5 rings (SSSR count). The summed E-state index contributed by atoms with van der Waals surface area (Å²) < 4.78 is 16.5. The van der Waals surface area contributed by atoms with Crippen molar-refractivity contribution in [1.82, 2.24) is 10.2 Å². The molecule has 0 spiro atoms. The van der Waals surface area contributed by atoms with Crippen LogP contribution in [0.4, 0.5) is 11.4 Å². The third-order valence-corrected chi connectivity index (χ3v) is 8.02. The first-order chi connectivity index (χ1) is 18.4. The smallest absolute Gasteiger partial charge is 0.247 e. The Hall–Kier alpha value is -3.20. The van der Waals surface area contributed by atoms with E-state index in [9.17, 15) is 4.79 Å². The van der Waals surface area contributed by atoms with E-state index < -0.39 is 0 Å². The number of nitrogens with one attached hydrogen (secondary N) is 2. The minimum atomic E-state index is -0.272. The minimum Gasteiger partial charge on any atom is -0.495 e. The van der Waals surface area contributed by atoms with Crippen molar-refractivity contribution in [3.8, 4) is 22.8 Å². The van der Waals surface area contributed by atoms with E-state index in [0.717, 1.165) is 59.7 Å². The molecule has 2 heterocycles. The molecule has 1 saturated heterocycles. The average molecular weight is 557 g/mol. The maximum absolute atomic E-state index is 12.2. The second-order valence-electron chi connectivity index (χ2n) is 9.31. The van der Waals surface area contributed by atoms with Gasteiger partial charge in [0.25, 0.3) is 0 Å². The number of benzene rings is 2. The molecular weight excluding hydrogens is 527 g/mol. The topological polar surface area (TPSA) is 88.7 Å². The number of aromatic amines is 1. The molecule has 0 radical (unpaired) electrons. The highest BCUT2D eigenvalue weighted by atomic mass is 35.5. The maximum Gasteiger partial charge on any atom is 0.247 e. The Morgan fingerprint density at radius 1 is 1.18 bits per heavy atom. The molecule has 1 aliphatic carbocycles. The zero-order valence-corrected chi connectivity index (χ0v) is 22.9. The summed E-state index contributed by atoms with van der Waals surface area (Å²) in [6, 6.07) is 7.74. The highest BCUT2D eigenvalue weighted by Gasteiger charge is 2.31. The minimum absolute atomic E-state index is 0.0550. The number of aromatic nitrogens is 2. The predicted molar refractivity (Wildman–Crippen MR) is 150 cm³/mol. The number of nitrogens with zero attached hydrogens (tertiary/aromatic N) is 2. The first-order valence-electron chi connectivity index (χ1n) is 12.5. The molecule has 1 aliphatic heterocycles. The van der Waals surface area contributed by atoms with Crippen LogP contribution in [-0.4, -0.2) is 56.6 Å². The first-order valence-corrected chi connectivity index (χ1v) is 13.3. The van der Waals surface area contributed by atoms with E-state index in [1.807, 2.05) is 12.1 Å². The van der Waals surface area contributed by atoms with Crippen molar-refractivity contribution in [2.24, 2.45) is 0 Å². The van der Waals surface area contributed by atoms with E-state index in [1.165, 1.54) is 6.08 Å². The first kappa shape index (κ1) is 26.4. The van der Waals surface area contributed by atoms with Gasteiger partial charge in [-0.2, -0.15) is 5.10 Å². The number of carbonyl (C=O) groups excluding carboxylic acids is 1. The molecule has 8 nitrogen and oxygen atoms in total. The zero-order valence-electron chi connectivity index (χ0n) is 21.4. The van der Waals surface area contributed by atoms with Crippen LogP contribution < -0.4 is 19.7 Å². The number of carbonyl (C=O) groups is 1. The molecule has 1 aromatic heterocycles. The quantitative estimate of drug-likeness (QED) is 0.366. The van der Waals surface area contributed by atoms with Gasteiger partial charge in [-0.05, 0) is 49.5 Å². The van der Waals surface area contributed by atoms with Crippen LogP contribution in [0.3, 0.4) is 0 Å². The largest absolute Gasteiger partial charge is 0.495 e. The maximum atomic E-state index is 12.2. The second-order valence-corrected chi connectivity index (χ2v) is 10.1. The lowest BCUT2D eigenvalue weighted by Gasteiger charge is -2.29. The molecule has 2 aliphatic rings. The molecule has 0 bridgehead atoms. The summed E-state index contributed by atoms with van der Waals surface area (Å²) in [5, 5.41) is 11.9. The SMILES string of the molecule is C=CC(=O)Nc1ccc(N2CCOCC2)cc1-c1n[nH]c2c1CCC(c1c(Cl)c(OC)cc(OC)c1Cl)C2. The third-order valence-electron chi connectivity index (χ3n) is 7.24. The van der Waals surface area contributed by atoms with Crippen LogP contribution in [0.2, 0.25) is 10.0 Å². The van der Waals surface area contributed by atoms with Crippen molar-refractivity contribution in [2.75, 3.05) is 50.7 Å². The number of anilines is 2. The van der Waals surface area contributed by atoms with Crippen LogP contribution >= 0.6 is 23.2 Å². The van der Waals surface area contributed by atoms with Gasteiger partial charge in [-0.1, -0.05) is 29.8 Å². The van der Waals surface area contributed by atoms with Gasteiger partial charge in [0, 0.05) is 47.2 Å². The molecule has 1 atom stereocenters. The fourth-order valence-corrected chi connectivity index (χ4v) is 6.09. The Kier molecular flexibility index (Phi) is 7.83. The Labute approximate surface area is 231 Å². The fourth-order valence-electron chi connectivity index (χ4n) is 5.28. The number of fused-ring (bicyclic) bond motifs is 1. The Morgan fingerprint density at radius 3 is 2.55 bits per heavy atom. The summed E-state index contributed by atoms with van der Waals surface area (Å²) >= 11 is 13.5. The summed E-state index contributed by atoms with van der Waals surface area (Å²) in [5.41, 5.74) is 6.39. The number of ether oxygens (including phenoxy) is 3. The normalized spacial score (nSPS) is 17.1. The van der Waals surface area contributed by atoms with E-state index in [1.54, 1.807) is 20.3 Å². The highest BCUT2D eigenvalue weighted by Crippen LogP contribution is 2.48. The van der Waals surface area contributed by atoms with Gasteiger partial charge in [-0.3, -0.25) is 9.89 Å². The number of hydrogen-bond donors (Lipinski definition) is 2. The lowest BCUT2D eigenvalue weighted by Crippen LogP contribution is -2.36. The lowest BCUT2D eigenvalue weighted by molar-refractivity contribution is -0.111. The van der Waals surface area contributed by atoms with Gasteiger partial charge < -0.3 is 24.4 Å². The molecule has 1 amide bonds. The molecule has 1 fully saturated rings. The van der Waals surface area contributed by atoms with Crippen LogP contribution in [-0.2, 0) is 22.4 Å². The van der Waals surface area contributed by atoms with E-state index >= 15 is 0 Å². The van der Waals surface area contributed by atoms with Gasteiger partial charge in [0.2, 0.25) is 5.91 Å². The number of morpholine rings is 1. The van der Waals surface area contributed by atoms with E-state index in [-0.39, 0.29) is 11.8 Å². The molecule has 1 unspecified atom stereocenters. The van der Waals surface area contributed by atoms with Crippen molar-refractivity contribution in [3.05, 3.63) is 63.8 Å². The van der Waals surface area contributed by atoms with Crippen molar-refractivity contribution in [3.63, 3.8) is 0 Å². The summed E-state index contributed by atoms with van der Waals surface area (Å²) in [5.74, 6) is 0.841. The number of hydrogen-bond acceptors (Lipinski definition) is 6. The van der Waals surface area contributed by atoms with E-state index in [0.29, 0.717) is 46.9 Å². The molecule has 10 heteroatoms. The van der Waals surface area contributed by atoms with Gasteiger partial charge in [0.1, 0.15) is 11.5 Å². The molecule has 3 aromatic rings. The molecular formula is C28H30Cl2N4O4. The lowest BCUT2D eigenvalue weighted by atomic mass is 9.81. The zero-order chi connectivity index (χ0) is 26.8. The van der Waals surface area contributed by atoms with E-state index in [2.05, 4.69) is 28.0 Å². The second kappa shape index (κ2) is 11.3. The van der Waals surface area contributed by atoms with Gasteiger partial charge in [-0.15, -0.1) is 0 Å². The van der Waals surface area contributed by atoms with Crippen molar-refractivity contribution < 1.29 is 19.0 Å². The van der Waals surface area contributed by atoms with Crippen LogP contribution in [0, 0.1) is 0 Å². The van der Waals surface area contributed by atoms with Gasteiger partial charge in [0.05, 0.1) is 48.9 Å². The molecule has 38 heavy (non-hydrogen) atoms. The van der Waals surface area contributed by atoms with E-state index in [4.69, 9.17) is 42.5 Å². The third kappa shape index (κ3) is 4.96. The highest BCUT2D eigenvalue weighted by molar-refractivity contribution is 6.38. The number of rotatable bonds is 7. The van der Waals surface area contributed by atoms with Crippen LogP contribution in [0.5, 0.6) is 11.5 Å². The molecule has 2 aromatic carbocycles. The molecule has 0 saturated carbocycles. The summed E-state index contributed by atoms with van der Waals surface area (Å²) in [7, 11) is 3.15. The van der Waals surface area contributed by atoms with Gasteiger partial charge >= 0.3 is 0 Å². The van der Waals surface area contributed by atoms with Gasteiger partial charge in [0.15, 0.2) is 0 Å². The number of H-pyrrole nitrogens is 1. The summed E-state index contributed by atoms with van der Waals surface area (Å²) in [6.07, 6.45) is 3.51. The summed E-state index contributed by atoms with van der Waals surface area (Å²) in [6.45, 7) is 6.58. The Morgan fingerprint density at radius 2 is 1.89 bits per heavy atom. The van der Waals surface area contributed by atoms with Crippen molar-refractivity contribution in [1.29, 1.82) is 0 Å². The van der Waals surface area contributed by atoms with Crippen molar-refractivity contribution >= 4 is 40.5 Å². The molecule has 2 N–H and O–H groups in total.